The van der Waals surface area contributed by atoms with Crippen LogP contribution in [0.1, 0.15) is 272 Å². The molecule has 17 nitrogen and oxygen atoms in total. The number of rotatable bonds is 70. The molecule has 0 radical (unpaired) electrons. The number of phosphoric ester groups is 2. The summed E-state index contributed by atoms with van der Waals surface area (Å²) in [4.78, 5) is 72.9. The lowest BCUT2D eigenvalue weighted by atomic mass is 10.1. The number of carbonyl (C=O) groups excluding carboxylic acids is 4. The Morgan fingerprint density at radius 1 is 0.294 bits per heavy atom. The Balaban J connectivity index is 5.49. The number of hydrogen-bond donors (Lipinski definition) is 3. The molecule has 5 atom stereocenters. The topological polar surface area (TPSA) is 237 Å². The van der Waals surface area contributed by atoms with Crippen LogP contribution < -0.4 is 0 Å². The number of aliphatic hydroxyl groups excluding tert-OH is 1. The molecule has 0 fully saturated rings. The summed E-state index contributed by atoms with van der Waals surface area (Å²) >= 11 is 0. The van der Waals surface area contributed by atoms with Crippen molar-refractivity contribution >= 4 is 39.5 Å². The number of carbonyl (C=O) groups is 4. The van der Waals surface area contributed by atoms with Gasteiger partial charge in [-0.25, -0.2) is 9.13 Å². The molecule has 0 aliphatic heterocycles. The van der Waals surface area contributed by atoms with Crippen LogP contribution in [0.25, 0.3) is 0 Å². The van der Waals surface area contributed by atoms with Gasteiger partial charge in [-0.05, 0) is 154 Å². The molecule has 0 aliphatic carbocycles. The van der Waals surface area contributed by atoms with Gasteiger partial charge in [0.2, 0.25) is 0 Å². The Kier molecular flexibility index (Phi) is 69.7. The highest BCUT2D eigenvalue weighted by Gasteiger charge is 2.30. The van der Waals surface area contributed by atoms with Crippen LogP contribution in [0.15, 0.2) is 170 Å². The van der Waals surface area contributed by atoms with Crippen molar-refractivity contribution in [3.05, 3.63) is 170 Å². The second kappa shape index (κ2) is 73.7. The zero-order valence-corrected chi connectivity index (χ0v) is 64.8. The lowest BCUT2D eigenvalue weighted by molar-refractivity contribution is -0.161. The predicted octanol–water partition coefficient (Wildman–Crippen LogP) is 22.2. The fourth-order valence-corrected chi connectivity index (χ4v) is 11.0. The van der Waals surface area contributed by atoms with Gasteiger partial charge in [0, 0.05) is 19.3 Å². The van der Waals surface area contributed by atoms with Crippen LogP contribution in [0.5, 0.6) is 0 Å². The molecule has 0 heterocycles. The fourth-order valence-electron chi connectivity index (χ4n) is 9.44. The number of esters is 4. The highest BCUT2D eigenvalue weighted by molar-refractivity contribution is 7.47. The third kappa shape index (κ3) is 72.8. The van der Waals surface area contributed by atoms with E-state index in [0.717, 1.165) is 167 Å². The molecule has 19 heteroatoms. The summed E-state index contributed by atoms with van der Waals surface area (Å²) in [6, 6.07) is 0. The first-order chi connectivity index (χ1) is 49.7. The number of aliphatic hydroxyl groups is 1. The van der Waals surface area contributed by atoms with Crippen molar-refractivity contribution in [2.45, 2.75) is 290 Å². The van der Waals surface area contributed by atoms with Crippen LogP contribution in [0, 0.1) is 0 Å². The minimum Gasteiger partial charge on any atom is -0.462 e. The van der Waals surface area contributed by atoms with Crippen molar-refractivity contribution in [1.29, 1.82) is 0 Å². The predicted molar refractivity (Wildman–Crippen MR) is 417 cm³/mol. The highest BCUT2D eigenvalue weighted by Crippen LogP contribution is 2.45. The van der Waals surface area contributed by atoms with E-state index in [9.17, 15) is 43.2 Å². The Bertz CT molecular complexity index is 2600. The lowest BCUT2D eigenvalue weighted by Crippen LogP contribution is -2.30. The van der Waals surface area contributed by atoms with E-state index in [1.54, 1.807) is 6.08 Å². The van der Waals surface area contributed by atoms with E-state index in [4.69, 9.17) is 37.0 Å². The third-order valence-electron chi connectivity index (χ3n) is 15.2. The molecule has 0 spiro atoms. The molecule has 0 rings (SSSR count). The molecule has 0 saturated carbocycles. The van der Waals surface area contributed by atoms with E-state index in [2.05, 4.69) is 167 Å². The maximum absolute atomic E-state index is 13.1. The van der Waals surface area contributed by atoms with Gasteiger partial charge in [0.15, 0.2) is 12.2 Å². The molecule has 0 aromatic rings. The number of ether oxygens (including phenoxy) is 4. The maximum atomic E-state index is 13.1. The smallest absolute Gasteiger partial charge is 0.462 e. The summed E-state index contributed by atoms with van der Waals surface area (Å²) in [5.74, 6) is -2.41. The average Bonchev–Trinajstić information content (AvgIpc) is 0.926. The standard InChI is InChI=1S/C83H134O17P2/c1-5-9-13-17-21-25-29-33-37-38-42-44-48-52-56-60-64-68-81(86)94-74-79(100-83(88)70-66-62-58-54-50-46-41-36-32-28-24-20-16-12-8-4)76-98-102(91,92)96-72-77(84)71-95-101(89,90)97-75-78(99-82(87)69-65-61-57-53-49-45-40-35-31-27-23-19-15-11-7-3)73-93-80(85)67-63-59-55-51-47-43-39-34-30-26-22-18-14-10-6-2/h9-11,13-15,21-28,33-37,39-41,47,49,51,53,59,63,77-79,84H,5-8,12,16-20,29-32,38,42-46,48,50,52,54-58,60-62,64-76H2,1-4H3,(H,89,90)(H,91,92)/b13-9-,14-10-,15-11-,25-21-,26-22-,27-23-,28-24-,37-33-,39-34-,40-35-,41-36-,51-47-,53-49-,63-59-. The summed E-state index contributed by atoms with van der Waals surface area (Å²) in [7, 11) is -10.0. The van der Waals surface area contributed by atoms with E-state index in [0.29, 0.717) is 32.1 Å². The van der Waals surface area contributed by atoms with Crippen molar-refractivity contribution in [3.63, 3.8) is 0 Å². The third-order valence-corrected chi connectivity index (χ3v) is 17.1. The van der Waals surface area contributed by atoms with Crippen molar-refractivity contribution in [2.24, 2.45) is 0 Å². The van der Waals surface area contributed by atoms with Gasteiger partial charge in [0.05, 0.1) is 32.8 Å². The van der Waals surface area contributed by atoms with Crippen LogP contribution in [0.4, 0.5) is 0 Å². The fraction of sp³-hybridized carbons (Fsp3) is 0.614. The summed E-state index contributed by atoms with van der Waals surface area (Å²) in [5, 5.41) is 10.6. The summed E-state index contributed by atoms with van der Waals surface area (Å²) in [6.45, 7) is 4.29. The molecule has 578 valence electrons. The highest BCUT2D eigenvalue weighted by atomic mass is 31.2. The monoisotopic (exact) mass is 1460 g/mol. The first-order valence-electron chi connectivity index (χ1n) is 38.4. The number of hydrogen-bond acceptors (Lipinski definition) is 15. The van der Waals surface area contributed by atoms with Crippen molar-refractivity contribution in [2.75, 3.05) is 39.6 Å². The molecular formula is C83H134O17P2. The second-order valence-corrected chi connectivity index (χ2v) is 27.7. The number of phosphoric acid groups is 2. The first-order valence-corrected chi connectivity index (χ1v) is 41.4. The largest absolute Gasteiger partial charge is 0.472 e. The summed E-state index contributed by atoms with van der Waals surface area (Å²) in [5.41, 5.74) is 0. The van der Waals surface area contributed by atoms with Gasteiger partial charge in [0.1, 0.15) is 19.3 Å². The normalized spacial score (nSPS) is 14.9. The van der Waals surface area contributed by atoms with Gasteiger partial charge < -0.3 is 33.8 Å². The molecule has 5 unspecified atom stereocenters. The lowest BCUT2D eigenvalue weighted by Gasteiger charge is -2.21. The SMILES string of the molecule is CC/C=C\C/C=C\C/C=C\C/C=C\C/C=C\CC(=O)OCC(COP(=O)(O)OCC(O)COP(=O)(O)OCC(COC(=O)CCCCCCCCC/C=C\C/C=C\C/C=C\CC)OC(=O)CCCCCCC/C=C\C/C=C\CCCCC)OC(=O)CCCC/C=C\C/C=C\C/C=C\C/C=C\CC. The van der Waals surface area contributed by atoms with Crippen molar-refractivity contribution in [3.8, 4) is 0 Å². The molecule has 0 aromatic heterocycles. The van der Waals surface area contributed by atoms with Gasteiger partial charge >= 0.3 is 39.5 Å². The number of unbranched alkanes of at least 4 members (excludes halogenated alkanes) is 17. The zero-order valence-electron chi connectivity index (χ0n) is 63.0. The van der Waals surface area contributed by atoms with Crippen molar-refractivity contribution < 1.29 is 80.2 Å². The second-order valence-electron chi connectivity index (χ2n) is 24.8. The molecule has 0 bridgehead atoms. The summed E-state index contributed by atoms with van der Waals surface area (Å²) in [6.07, 6.45) is 86.6. The van der Waals surface area contributed by atoms with Gasteiger partial charge in [-0.3, -0.25) is 37.3 Å². The first kappa shape index (κ1) is 96.4. The molecule has 102 heavy (non-hydrogen) atoms. The van der Waals surface area contributed by atoms with Gasteiger partial charge in [0.25, 0.3) is 0 Å². The molecular weight excluding hydrogens is 1330 g/mol. The van der Waals surface area contributed by atoms with Crippen LogP contribution in [-0.4, -0.2) is 96.7 Å². The Hall–Kier alpha value is -5.58. The van der Waals surface area contributed by atoms with Crippen LogP contribution in [0.2, 0.25) is 0 Å². The molecule has 0 aromatic carbocycles. The van der Waals surface area contributed by atoms with Crippen LogP contribution >= 0.6 is 15.6 Å². The van der Waals surface area contributed by atoms with E-state index < -0.39 is 97.5 Å². The Morgan fingerprint density at radius 3 is 0.892 bits per heavy atom. The van der Waals surface area contributed by atoms with E-state index in [1.165, 1.54) is 19.3 Å². The maximum Gasteiger partial charge on any atom is 0.472 e. The minimum absolute atomic E-state index is 0.0168. The van der Waals surface area contributed by atoms with Gasteiger partial charge in [-0.1, -0.05) is 262 Å². The molecule has 0 aliphatic rings. The van der Waals surface area contributed by atoms with Crippen LogP contribution in [-0.2, 0) is 65.4 Å². The Labute approximate surface area is 616 Å². The quantitative estimate of drug-likeness (QED) is 0.0169. The minimum atomic E-state index is -5.01. The molecule has 0 saturated heterocycles. The van der Waals surface area contributed by atoms with Crippen molar-refractivity contribution in [1.82, 2.24) is 0 Å². The summed E-state index contributed by atoms with van der Waals surface area (Å²) < 4.78 is 68.3. The molecule has 0 amide bonds. The average molecular weight is 1470 g/mol. The van der Waals surface area contributed by atoms with E-state index in [-0.39, 0.29) is 25.7 Å². The van der Waals surface area contributed by atoms with E-state index >= 15 is 0 Å². The van der Waals surface area contributed by atoms with Gasteiger partial charge in [-0.2, -0.15) is 0 Å². The zero-order chi connectivity index (χ0) is 74.6. The number of allylic oxidation sites excluding steroid dienone is 27. The molecule has 3 N–H and O–H groups in total. The Morgan fingerprint density at radius 2 is 0.549 bits per heavy atom. The van der Waals surface area contributed by atoms with E-state index in [1.807, 2.05) is 24.3 Å². The van der Waals surface area contributed by atoms with Crippen LogP contribution in [0.3, 0.4) is 0 Å². The van der Waals surface area contributed by atoms with Gasteiger partial charge in [-0.15, -0.1) is 0 Å².